The highest BCUT2D eigenvalue weighted by Gasteiger charge is 2.30. The predicted molar refractivity (Wildman–Crippen MR) is 91.6 cm³/mol. The van der Waals surface area contributed by atoms with Crippen LogP contribution in [0.5, 0.6) is 0 Å². The van der Waals surface area contributed by atoms with Gasteiger partial charge in [-0.2, -0.15) is 18.3 Å². The number of carbonyl (C=O) groups excluding carboxylic acids is 1. The van der Waals surface area contributed by atoms with Crippen LogP contribution in [0.15, 0.2) is 53.9 Å². The standard InChI is InChI=1S/C17H14F3N5O/c18-17(19,20)12-5-6-16(22-8-12)24-23-7-11-9-25(10-15(21)26)14-4-2-1-3-13(11)14/h1-9H,10H2,(H2,21,26)(H,22,24)/b23-7+. The highest BCUT2D eigenvalue weighted by molar-refractivity contribution is 6.00. The first-order chi connectivity index (χ1) is 12.3. The van der Waals surface area contributed by atoms with E-state index < -0.39 is 17.6 Å². The zero-order valence-electron chi connectivity index (χ0n) is 13.4. The number of nitrogens with one attached hydrogen (secondary N) is 1. The van der Waals surface area contributed by atoms with Gasteiger partial charge < -0.3 is 10.3 Å². The topological polar surface area (TPSA) is 85.3 Å². The predicted octanol–water partition coefficient (Wildman–Crippen LogP) is 2.99. The Balaban J connectivity index is 1.79. The summed E-state index contributed by atoms with van der Waals surface area (Å²) in [6.45, 7) is 0.0300. The van der Waals surface area contributed by atoms with Crippen molar-refractivity contribution >= 4 is 28.8 Å². The number of halogens is 3. The van der Waals surface area contributed by atoms with Crippen LogP contribution < -0.4 is 11.2 Å². The van der Waals surface area contributed by atoms with Gasteiger partial charge in [-0.15, -0.1) is 0 Å². The SMILES string of the molecule is NC(=O)Cn1cc(/C=N/Nc2ccc(C(F)(F)F)cn2)c2ccccc21. The lowest BCUT2D eigenvalue weighted by molar-refractivity contribution is -0.137. The number of amides is 1. The summed E-state index contributed by atoms with van der Waals surface area (Å²) < 4.78 is 39.2. The number of hydrogen-bond acceptors (Lipinski definition) is 4. The average Bonchev–Trinajstić information content (AvgIpc) is 2.92. The largest absolute Gasteiger partial charge is 0.417 e. The van der Waals surface area contributed by atoms with E-state index in [4.69, 9.17) is 5.73 Å². The van der Waals surface area contributed by atoms with Crippen LogP contribution in [0.3, 0.4) is 0 Å². The van der Waals surface area contributed by atoms with Crippen LogP contribution in [-0.4, -0.2) is 21.7 Å². The lowest BCUT2D eigenvalue weighted by Crippen LogP contribution is -2.17. The van der Waals surface area contributed by atoms with Crippen LogP contribution in [0.2, 0.25) is 0 Å². The molecule has 26 heavy (non-hydrogen) atoms. The van der Waals surface area contributed by atoms with Crippen molar-refractivity contribution in [3.8, 4) is 0 Å². The molecular formula is C17H14F3N5O. The second-order valence-corrected chi connectivity index (χ2v) is 5.50. The van der Waals surface area contributed by atoms with Crippen molar-refractivity contribution in [1.82, 2.24) is 9.55 Å². The van der Waals surface area contributed by atoms with Crippen LogP contribution in [0.1, 0.15) is 11.1 Å². The number of nitrogens with two attached hydrogens (primary N) is 1. The normalized spacial score (nSPS) is 12.0. The first-order valence-corrected chi connectivity index (χ1v) is 7.53. The highest BCUT2D eigenvalue weighted by Crippen LogP contribution is 2.28. The van der Waals surface area contributed by atoms with Gasteiger partial charge in [-0.3, -0.25) is 10.2 Å². The van der Waals surface area contributed by atoms with E-state index in [2.05, 4.69) is 15.5 Å². The molecule has 9 heteroatoms. The molecule has 0 fully saturated rings. The number of aromatic nitrogens is 2. The van der Waals surface area contributed by atoms with Gasteiger partial charge in [-0.25, -0.2) is 4.98 Å². The fourth-order valence-electron chi connectivity index (χ4n) is 2.47. The Morgan fingerprint density at radius 2 is 2.04 bits per heavy atom. The molecule has 0 bridgehead atoms. The highest BCUT2D eigenvalue weighted by atomic mass is 19.4. The van der Waals surface area contributed by atoms with Gasteiger partial charge in [0.1, 0.15) is 12.4 Å². The Labute approximate surface area is 146 Å². The zero-order valence-corrected chi connectivity index (χ0v) is 13.4. The van der Waals surface area contributed by atoms with Crippen molar-refractivity contribution in [1.29, 1.82) is 0 Å². The minimum absolute atomic E-state index is 0.0300. The van der Waals surface area contributed by atoms with Crippen LogP contribution in [-0.2, 0) is 17.5 Å². The molecule has 3 rings (SSSR count). The number of hydrazone groups is 1. The third-order valence-corrected chi connectivity index (χ3v) is 3.62. The van der Waals surface area contributed by atoms with Crippen molar-refractivity contribution < 1.29 is 18.0 Å². The maximum Gasteiger partial charge on any atom is 0.417 e. The van der Waals surface area contributed by atoms with Crippen molar-refractivity contribution in [2.45, 2.75) is 12.7 Å². The molecule has 0 aliphatic carbocycles. The Morgan fingerprint density at radius 1 is 1.27 bits per heavy atom. The first-order valence-electron chi connectivity index (χ1n) is 7.53. The molecule has 0 spiro atoms. The summed E-state index contributed by atoms with van der Waals surface area (Å²) in [5.74, 6) is -0.295. The van der Waals surface area contributed by atoms with Crippen molar-refractivity contribution in [3.63, 3.8) is 0 Å². The Bertz CT molecular complexity index is 961. The molecule has 0 saturated carbocycles. The van der Waals surface area contributed by atoms with Gasteiger partial charge in [0.2, 0.25) is 5.91 Å². The summed E-state index contributed by atoms with van der Waals surface area (Å²) >= 11 is 0. The minimum atomic E-state index is -4.43. The molecule has 0 radical (unpaired) electrons. The van der Waals surface area contributed by atoms with E-state index >= 15 is 0 Å². The molecule has 0 saturated heterocycles. The number of anilines is 1. The first kappa shape index (κ1) is 17.5. The van der Waals surface area contributed by atoms with E-state index in [0.29, 0.717) is 0 Å². The third kappa shape index (κ3) is 3.82. The van der Waals surface area contributed by atoms with E-state index in [0.717, 1.165) is 28.7 Å². The van der Waals surface area contributed by atoms with Gasteiger partial charge in [0, 0.05) is 28.9 Å². The maximum atomic E-state index is 12.5. The number of rotatable bonds is 5. The molecule has 3 N–H and O–H groups in total. The molecule has 0 unspecified atom stereocenters. The summed E-state index contributed by atoms with van der Waals surface area (Å²) in [4.78, 5) is 14.9. The minimum Gasteiger partial charge on any atom is -0.368 e. The fourth-order valence-corrected chi connectivity index (χ4v) is 2.47. The number of para-hydroxylation sites is 1. The number of carbonyl (C=O) groups is 1. The molecule has 0 aliphatic rings. The van der Waals surface area contributed by atoms with Crippen molar-refractivity contribution in [3.05, 3.63) is 59.9 Å². The smallest absolute Gasteiger partial charge is 0.368 e. The quantitative estimate of drug-likeness (QED) is 0.541. The number of primary amides is 1. The summed E-state index contributed by atoms with van der Waals surface area (Å²) in [5.41, 5.74) is 8.54. The van der Waals surface area contributed by atoms with E-state index in [1.807, 2.05) is 24.3 Å². The molecule has 0 aliphatic heterocycles. The molecule has 2 aromatic heterocycles. The monoisotopic (exact) mass is 361 g/mol. The summed E-state index contributed by atoms with van der Waals surface area (Å²) in [5, 5.41) is 4.86. The van der Waals surface area contributed by atoms with Crippen LogP contribution in [0, 0.1) is 0 Å². The van der Waals surface area contributed by atoms with E-state index in [1.54, 1.807) is 10.8 Å². The van der Waals surface area contributed by atoms with E-state index in [9.17, 15) is 18.0 Å². The molecule has 0 atom stereocenters. The maximum absolute atomic E-state index is 12.5. The van der Waals surface area contributed by atoms with E-state index in [-0.39, 0.29) is 12.4 Å². The number of hydrogen-bond donors (Lipinski definition) is 2. The van der Waals surface area contributed by atoms with Gasteiger partial charge in [0.25, 0.3) is 0 Å². The Kier molecular flexibility index (Phi) is 4.61. The number of pyridine rings is 1. The van der Waals surface area contributed by atoms with Crippen LogP contribution in [0.4, 0.5) is 19.0 Å². The summed E-state index contributed by atoms with van der Waals surface area (Å²) in [6.07, 6.45) is -0.479. The molecule has 1 aromatic carbocycles. The van der Waals surface area contributed by atoms with Gasteiger partial charge in [-0.1, -0.05) is 18.2 Å². The molecule has 1 amide bonds. The molecule has 134 valence electrons. The van der Waals surface area contributed by atoms with Crippen molar-refractivity contribution in [2.75, 3.05) is 5.43 Å². The molecule has 2 heterocycles. The van der Waals surface area contributed by atoms with Gasteiger partial charge in [0.15, 0.2) is 0 Å². The second kappa shape index (κ2) is 6.87. The lowest BCUT2D eigenvalue weighted by atomic mass is 10.2. The molecular weight excluding hydrogens is 347 g/mol. The number of nitrogens with zero attached hydrogens (tertiary/aromatic N) is 3. The Hall–Kier alpha value is -3.36. The van der Waals surface area contributed by atoms with Gasteiger partial charge in [0.05, 0.1) is 11.8 Å². The van der Waals surface area contributed by atoms with Crippen LogP contribution >= 0.6 is 0 Å². The zero-order chi connectivity index (χ0) is 18.7. The number of benzene rings is 1. The summed E-state index contributed by atoms with van der Waals surface area (Å²) in [6, 6.07) is 9.51. The van der Waals surface area contributed by atoms with Gasteiger partial charge in [-0.05, 0) is 18.2 Å². The fraction of sp³-hybridized carbons (Fsp3) is 0.118. The second-order valence-electron chi connectivity index (χ2n) is 5.50. The number of fused-ring (bicyclic) bond motifs is 1. The lowest BCUT2D eigenvalue weighted by Gasteiger charge is -2.06. The Morgan fingerprint density at radius 3 is 2.69 bits per heavy atom. The van der Waals surface area contributed by atoms with Crippen LogP contribution in [0.25, 0.3) is 10.9 Å². The van der Waals surface area contributed by atoms with Crippen molar-refractivity contribution in [2.24, 2.45) is 10.8 Å². The molecule has 6 nitrogen and oxygen atoms in total. The summed E-state index contributed by atoms with van der Waals surface area (Å²) in [7, 11) is 0. The van der Waals surface area contributed by atoms with E-state index in [1.165, 1.54) is 12.3 Å². The van der Waals surface area contributed by atoms with Gasteiger partial charge >= 0.3 is 6.18 Å². The molecule has 3 aromatic rings. The number of alkyl halides is 3. The average molecular weight is 361 g/mol. The third-order valence-electron chi connectivity index (χ3n) is 3.62.